The van der Waals surface area contributed by atoms with E-state index in [2.05, 4.69) is 0 Å². The van der Waals surface area contributed by atoms with Gasteiger partial charge >= 0.3 is 6.09 Å². The molecular weight excluding hydrogens is 231 g/mol. The molecule has 0 aromatic carbocycles. The number of hydrogen-bond acceptors (Lipinski definition) is 3. The Morgan fingerprint density at radius 3 is 2.65 bits per heavy atom. The van der Waals surface area contributed by atoms with Crippen LogP contribution in [0.1, 0.15) is 12.8 Å². The van der Waals surface area contributed by atoms with Crippen LogP contribution in [0.25, 0.3) is 0 Å². The average molecular weight is 244 g/mol. The molecule has 7 heteroatoms. The first kappa shape index (κ1) is 11.8. The van der Waals surface area contributed by atoms with Gasteiger partial charge in [-0.1, -0.05) is 0 Å². The summed E-state index contributed by atoms with van der Waals surface area (Å²) in [6.45, 7) is 0.0355. The Bertz CT molecular complexity index is 373. The van der Waals surface area contributed by atoms with Gasteiger partial charge in [0.25, 0.3) is 0 Å². The lowest BCUT2D eigenvalue weighted by Crippen LogP contribution is -2.46. The predicted octanol–water partition coefficient (Wildman–Crippen LogP) is -0.122. The van der Waals surface area contributed by atoms with Gasteiger partial charge in [0.2, 0.25) is 5.91 Å². The molecule has 2 saturated heterocycles. The number of amides is 2. The monoisotopic (exact) mass is 244 g/mol. The number of carboxylic acid groups (broad SMARTS) is 1. The van der Waals surface area contributed by atoms with Crippen LogP contribution in [0.4, 0.5) is 9.18 Å². The molecule has 2 fully saturated rings. The lowest BCUT2D eigenvalue weighted by molar-refractivity contribution is -0.134. The Morgan fingerprint density at radius 2 is 2.12 bits per heavy atom. The largest absolute Gasteiger partial charge is 0.465 e. The van der Waals surface area contributed by atoms with Crippen LogP contribution in [-0.4, -0.2) is 64.5 Å². The highest BCUT2D eigenvalue weighted by molar-refractivity contribution is 5.97. The van der Waals surface area contributed by atoms with E-state index < -0.39 is 24.2 Å². The molecular formula is C10H13FN2O4. The van der Waals surface area contributed by atoms with Gasteiger partial charge in [0, 0.05) is 13.0 Å². The van der Waals surface area contributed by atoms with Gasteiger partial charge in [0.15, 0.2) is 5.78 Å². The molecule has 0 aromatic heterocycles. The summed E-state index contributed by atoms with van der Waals surface area (Å²) in [5, 5.41) is 8.87. The summed E-state index contributed by atoms with van der Waals surface area (Å²) in [7, 11) is 0. The molecule has 0 unspecified atom stereocenters. The molecule has 0 aliphatic carbocycles. The van der Waals surface area contributed by atoms with E-state index in [0.29, 0.717) is 0 Å². The highest BCUT2D eigenvalue weighted by atomic mass is 19.1. The first-order valence-electron chi connectivity index (χ1n) is 5.43. The molecule has 2 aliphatic heterocycles. The van der Waals surface area contributed by atoms with Crippen LogP contribution >= 0.6 is 0 Å². The van der Waals surface area contributed by atoms with E-state index in [0.717, 1.165) is 4.90 Å². The molecule has 0 saturated carbocycles. The zero-order valence-electron chi connectivity index (χ0n) is 9.13. The van der Waals surface area contributed by atoms with E-state index >= 15 is 0 Å². The summed E-state index contributed by atoms with van der Waals surface area (Å²) in [5.74, 6) is -0.736. The van der Waals surface area contributed by atoms with E-state index in [-0.39, 0.29) is 38.3 Å². The zero-order valence-corrected chi connectivity index (χ0v) is 9.13. The molecule has 6 nitrogen and oxygen atoms in total. The van der Waals surface area contributed by atoms with Crippen LogP contribution in [-0.2, 0) is 9.59 Å². The van der Waals surface area contributed by atoms with Crippen LogP contribution in [0.2, 0.25) is 0 Å². The van der Waals surface area contributed by atoms with Gasteiger partial charge in [-0.05, 0) is 6.42 Å². The van der Waals surface area contributed by atoms with E-state index in [1.807, 2.05) is 0 Å². The molecule has 2 amide bonds. The molecule has 0 aromatic rings. The van der Waals surface area contributed by atoms with Gasteiger partial charge in [0.05, 0.1) is 13.1 Å². The third-order valence-electron chi connectivity index (χ3n) is 3.12. The lowest BCUT2D eigenvalue weighted by Gasteiger charge is -2.24. The summed E-state index contributed by atoms with van der Waals surface area (Å²) < 4.78 is 13.0. The van der Waals surface area contributed by atoms with Gasteiger partial charge in [0.1, 0.15) is 12.2 Å². The Kier molecular flexibility index (Phi) is 2.99. The molecule has 1 N–H and O–H groups in total. The average Bonchev–Trinajstić information content (AvgIpc) is 2.83. The summed E-state index contributed by atoms with van der Waals surface area (Å²) >= 11 is 0. The van der Waals surface area contributed by atoms with Crippen molar-refractivity contribution in [2.24, 2.45) is 0 Å². The quantitative estimate of drug-likeness (QED) is 0.697. The van der Waals surface area contributed by atoms with Crippen LogP contribution in [0.3, 0.4) is 0 Å². The molecule has 2 atom stereocenters. The number of rotatable bonds is 1. The summed E-state index contributed by atoms with van der Waals surface area (Å²) in [6.07, 6.45) is -2.16. The topological polar surface area (TPSA) is 77.9 Å². The smallest absolute Gasteiger partial charge is 0.408 e. The number of Topliss-reactive ketones (excluding diaryl/α,β-unsaturated/α-hetero) is 1. The second-order valence-electron chi connectivity index (χ2n) is 4.34. The summed E-state index contributed by atoms with van der Waals surface area (Å²) in [5.41, 5.74) is 0. The normalized spacial score (nSPS) is 28.9. The van der Waals surface area contributed by atoms with Crippen LogP contribution < -0.4 is 0 Å². The Morgan fingerprint density at radius 1 is 1.41 bits per heavy atom. The molecule has 94 valence electrons. The van der Waals surface area contributed by atoms with Gasteiger partial charge in [-0.15, -0.1) is 0 Å². The minimum Gasteiger partial charge on any atom is -0.465 e. The Hall–Kier alpha value is -1.66. The van der Waals surface area contributed by atoms with Crippen molar-refractivity contribution in [1.29, 1.82) is 0 Å². The standard InChI is InChI=1S/C10H13FN2O4/c11-6-1-2-12(4-6)9(15)8-3-7(14)5-13(8)10(16)17/h6,8H,1-5H2,(H,16,17)/t6-,8-/m0/s1. The number of alkyl halides is 1. The van der Waals surface area contributed by atoms with Gasteiger partial charge in [-0.3, -0.25) is 14.5 Å². The van der Waals surface area contributed by atoms with Crippen molar-refractivity contribution < 1.29 is 23.9 Å². The lowest BCUT2D eigenvalue weighted by atomic mass is 10.2. The van der Waals surface area contributed by atoms with Crippen LogP contribution in [0.15, 0.2) is 0 Å². The zero-order chi connectivity index (χ0) is 12.6. The van der Waals surface area contributed by atoms with Crippen molar-refractivity contribution in [2.45, 2.75) is 25.1 Å². The first-order valence-corrected chi connectivity index (χ1v) is 5.43. The SMILES string of the molecule is O=C1C[C@@H](C(=O)N2CC[C@H](F)C2)N(C(=O)O)C1. The van der Waals surface area contributed by atoms with Crippen molar-refractivity contribution >= 4 is 17.8 Å². The van der Waals surface area contributed by atoms with Gasteiger partial charge < -0.3 is 10.0 Å². The number of likely N-dealkylation sites (tertiary alicyclic amines) is 2. The fourth-order valence-corrected chi connectivity index (χ4v) is 2.24. The Balaban J connectivity index is 2.07. The molecule has 2 heterocycles. The number of carbonyl (C=O) groups excluding carboxylic acids is 2. The predicted molar refractivity (Wildman–Crippen MR) is 54.2 cm³/mol. The second-order valence-corrected chi connectivity index (χ2v) is 4.34. The highest BCUT2D eigenvalue weighted by Crippen LogP contribution is 2.20. The van der Waals surface area contributed by atoms with Gasteiger partial charge in [-0.2, -0.15) is 0 Å². The van der Waals surface area contributed by atoms with Gasteiger partial charge in [-0.25, -0.2) is 9.18 Å². The molecule has 0 spiro atoms. The number of ketones is 1. The summed E-state index contributed by atoms with van der Waals surface area (Å²) in [6, 6.07) is -0.967. The van der Waals surface area contributed by atoms with E-state index in [4.69, 9.17) is 5.11 Å². The minimum absolute atomic E-state index is 0.00299. The Labute approximate surface area is 97.0 Å². The molecule has 2 rings (SSSR count). The fourth-order valence-electron chi connectivity index (χ4n) is 2.24. The fraction of sp³-hybridized carbons (Fsp3) is 0.700. The van der Waals surface area contributed by atoms with Crippen molar-refractivity contribution in [3.05, 3.63) is 0 Å². The number of hydrogen-bond donors (Lipinski definition) is 1. The third-order valence-corrected chi connectivity index (χ3v) is 3.12. The van der Waals surface area contributed by atoms with E-state index in [1.165, 1.54) is 4.90 Å². The maximum absolute atomic E-state index is 13.0. The number of halogens is 1. The maximum atomic E-state index is 13.0. The first-order chi connectivity index (χ1) is 7.99. The number of carbonyl (C=O) groups is 3. The van der Waals surface area contributed by atoms with Crippen molar-refractivity contribution in [1.82, 2.24) is 9.80 Å². The molecule has 0 radical (unpaired) electrons. The molecule has 0 bridgehead atoms. The second kappa shape index (κ2) is 4.31. The molecule has 2 aliphatic rings. The number of nitrogens with zero attached hydrogens (tertiary/aromatic N) is 2. The third kappa shape index (κ3) is 2.22. The van der Waals surface area contributed by atoms with Crippen molar-refractivity contribution in [3.8, 4) is 0 Å². The summed E-state index contributed by atoms with van der Waals surface area (Å²) in [4.78, 5) is 36.2. The maximum Gasteiger partial charge on any atom is 0.408 e. The van der Waals surface area contributed by atoms with E-state index in [9.17, 15) is 18.8 Å². The highest BCUT2D eigenvalue weighted by Gasteiger charge is 2.42. The van der Waals surface area contributed by atoms with Crippen LogP contribution in [0, 0.1) is 0 Å². The van der Waals surface area contributed by atoms with Crippen LogP contribution in [0.5, 0.6) is 0 Å². The van der Waals surface area contributed by atoms with Crippen molar-refractivity contribution in [3.63, 3.8) is 0 Å². The van der Waals surface area contributed by atoms with E-state index in [1.54, 1.807) is 0 Å². The molecule has 17 heavy (non-hydrogen) atoms. The minimum atomic E-state index is -1.29. The van der Waals surface area contributed by atoms with Crippen molar-refractivity contribution in [2.75, 3.05) is 19.6 Å².